The second kappa shape index (κ2) is 6.94. The molecular formula is C14H18N2O5. The Morgan fingerprint density at radius 3 is 2.76 bits per heavy atom. The number of aliphatic carboxylic acids is 1. The van der Waals surface area contributed by atoms with Crippen LogP contribution in [0.5, 0.6) is 5.75 Å². The Morgan fingerprint density at radius 1 is 1.43 bits per heavy atom. The molecule has 1 aliphatic heterocycles. The molecule has 0 radical (unpaired) electrons. The minimum Gasteiger partial charge on any atom is -0.482 e. The van der Waals surface area contributed by atoms with E-state index in [4.69, 9.17) is 14.6 Å². The maximum atomic E-state index is 12.1. The summed E-state index contributed by atoms with van der Waals surface area (Å²) in [6.45, 7) is 3.20. The molecule has 1 aliphatic rings. The molecule has 0 bridgehead atoms. The minimum absolute atomic E-state index is 0.0382. The Labute approximate surface area is 122 Å². The summed E-state index contributed by atoms with van der Waals surface area (Å²) in [6, 6.07) is 6.38. The lowest BCUT2D eigenvalue weighted by atomic mass is 10.3. The summed E-state index contributed by atoms with van der Waals surface area (Å²) in [5.41, 5.74) is 0.627. The van der Waals surface area contributed by atoms with Gasteiger partial charge in [0.15, 0.2) is 6.61 Å². The summed E-state index contributed by atoms with van der Waals surface area (Å²) in [4.78, 5) is 24.1. The van der Waals surface area contributed by atoms with E-state index in [1.165, 1.54) is 0 Å². The molecule has 1 heterocycles. The van der Waals surface area contributed by atoms with Crippen LogP contribution in [0.3, 0.4) is 0 Å². The number of amides is 2. The minimum atomic E-state index is -1.03. The molecule has 7 nitrogen and oxygen atoms in total. The Bertz CT molecular complexity index is 503. The number of ether oxygens (including phenoxy) is 2. The van der Waals surface area contributed by atoms with E-state index in [2.05, 4.69) is 5.32 Å². The SMILES string of the molecule is CC1CN(C(=O)Nc2ccc(OCC(=O)O)cc2)CCO1. The molecule has 0 aromatic heterocycles. The van der Waals surface area contributed by atoms with Gasteiger partial charge in [0.1, 0.15) is 5.75 Å². The highest BCUT2D eigenvalue weighted by atomic mass is 16.5. The molecule has 114 valence electrons. The van der Waals surface area contributed by atoms with Gasteiger partial charge < -0.3 is 24.8 Å². The second-order valence-corrected chi connectivity index (χ2v) is 4.76. The van der Waals surface area contributed by atoms with Crippen LogP contribution in [0, 0.1) is 0 Å². The van der Waals surface area contributed by atoms with Crippen LogP contribution in [0.4, 0.5) is 10.5 Å². The quantitative estimate of drug-likeness (QED) is 0.876. The fraction of sp³-hybridized carbons (Fsp3) is 0.429. The lowest BCUT2D eigenvalue weighted by Crippen LogP contribution is -2.46. The number of carboxylic acid groups (broad SMARTS) is 1. The zero-order chi connectivity index (χ0) is 15.2. The first-order valence-electron chi connectivity index (χ1n) is 6.67. The van der Waals surface area contributed by atoms with Crippen molar-refractivity contribution in [3.05, 3.63) is 24.3 Å². The predicted molar refractivity (Wildman–Crippen MR) is 75.6 cm³/mol. The molecule has 1 fully saturated rings. The van der Waals surface area contributed by atoms with Crippen LogP contribution in [0.15, 0.2) is 24.3 Å². The fourth-order valence-electron chi connectivity index (χ4n) is 1.98. The van der Waals surface area contributed by atoms with Crippen molar-refractivity contribution in [3.63, 3.8) is 0 Å². The number of nitrogens with one attached hydrogen (secondary N) is 1. The van der Waals surface area contributed by atoms with Gasteiger partial charge in [-0.3, -0.25) is 0 Å². The van der Waals surface area contributed by atoms with Crippen LogP contribution < -0.4 is 10.1 Å². The Hall–Kier alpha value is -2.28. The lowest BCUT2D eigenvalue weighted by molar-refractivity contribution is -0.139. The molecule has 1 atom stereocenters. The van der Waals surface area contributed by atoms with Gasteiger partial charge >= 0.3 is 12.0 Å². The average molecular weight is 294 g/mol. The van der Waals surface area contributed by atoms with E-state index in [1.807, 2.05) is 6.92 Å². The van der Waals surface area contributed by atoms with Crippen LogP contribution in [0.2, 0.25) is 0 Å². The average Bonchev–Trinajstić information content (AvgIpc) is 2.46. The van der Waals surface area contributed by atoms with Crippen molar-refractivity contribution in [1.82, 2.24) is 4.90 Å². The topological polar surface area (TPSA) is 88.1 Å². The molecule has 1 aromatic rings. The lowest BCUT2D eigenvalue weighted by Gasteiger charge is -2.31. The molecule has 0 saturated carbocycles. The molecule has 7 heteroatoms. The third-order valence-corrected chi connectivity index (χ3v) is 3.00. The van der Waals surface area contributed by atoms with E-state index >= 15 is 0 Å². The van der Waals surface area contributed by atoms with Gasteiger partial charge in [-0.05, 0) is 31.2 Å². The van der Waals surface area contributed by atoms with Crippen molar-refractivity contribution in [2.45, 2.75) is 13.0 Å². The van der Waals surface area contributed by atoms with Gasteiger partial charge in [0.05, 0.1) is 12.7 Å². The Balaban J connectivity index is 1.87. The second-order valence-electron chi connectivity index (χ2n) is 4.76. The van der Waals surface area contributed by atoms with E-state index in [-0.39, 0.29) is 12.1 Å². The van der Waals surface area contributed by atoms with E-state index < -0.39 is 12.6 Å². The molecule has 2 N–H and O–H groups in total. The summed E-state index contributed by atoms with van der Waals surface area (Å²) in [6.07, 6.45) is 0.0382. The third kappa shape index (κ3) is 4.64. The maximum Gasteiger partial charge on any atom is 0.341 e. The molecule has 2 amide bonds. The number of carbonyl (C=O) groups is 2. The number of carbonyl (C=O) groups excluding carboxylic acids is 1. The molecule has 1 saturated heterocycles. The van der Waals surface area contributed by atoms with Crippen LogP contribution in [0.25, 0.3) is 0 Å². The molecule has 0 spiro atoms. The van der Waals surface area contributed by atoms with Crippen molar-refractivity contribution >= 4 is 17.7 Å². The highest BCUT2D eigenvalue weighted by molar-refractivity contribution is 5.89. The summed E-state index contributed by atoms with van der Waals surface area (Å²) < 4.78 is 10.4. The van der Waals surface area contributed by atoms with Crippen LogP contribution in [-0.4, -0.2) is 54.4 Å². The number of rotatable bonds is 4. The number of morpholine rings is 1. The summed E-state index contributed by atoms with van der Waals surface area (Å²) in [7, 11) is 0. The largest absolute Gasteiger partial charge is 0.482 e. The number of benzene rings is 1. The van der Waals surface area contributed by atoms with Crippen molar-refractivity contribution in [2.24, 2.45) is 0 Å². The van der Waals surface area contributed by atoms with Gasteiger partial charge in [-0.15, -0.1) is 0 Å². The third-order valence-electron chi connectivity index (χ3n) is 3.00. The van der Waals surface area contributed by atoms with E-state index in [1.54, 1.807) is 29.2 Å². The number of anilines is 1. The van der Waals surface area contributed by atoms with Crippen LogP contribution in [-0.2, 0) is 9.53 Å². The zero-order valence-electron chi connectivity index (χ0n) is 11.7. The van der Waals surface area contributed by atoms with Gasteiger partial charge in [-0.1, -0.05) is 0 Å². The molecule has 0 aliphatic carbocycles. The Kier molecular flexibility index (Phi) is 4.99. The molecule has 21 heavy (non-hydrogen) atoms. The molecule has 1 unspecified atom stereocenters. The zero-order valence-corrected chi connectivity index (χ0v) is 11.7. The van der Waals surface area contributed by atoms with Gasteiger partial charge in [0, 0.05) is 18.8 Å². The Morgan fingerprint density at radius 2 is 2.14 bits per heavy atom. The van der Waals surface area contributed by atoms with Crippen molar-refractivity contribution in [2.75, 3.05) is 31.6 Å². The maximum absolute atomic E-state index is 12.1. The van der Waals surface area contributed by atoms with Crippen molar-refractivity contribution in [3.8, 4) is 5.75 Å². The van der Waals surface area contributed by atoms with Crippen LogP contribution >= 0.6 is 0 Å². The number of carboxylic acids is 1. The van der Waals surface area contributed by atoms with E-state index in [9.17, 15) is 9.59 Å². The summed E-state index contributed by atoms with van der Waals surface area (Å²) >= 11 is 0. The van der Waals surface area contributed by atoms with Crippen molar-refractivity contribution < 1.29 is 24.2 Å². The smallest absolute Gasteiger partial charge is 0.341 e. The van der Waals surface area contributed by atoms with E-state index in [0.717, 1.165) is 0 Å². The monoisotopic (exact) mass is 294 g/mol. The fourth-order valence-corrected chi connectivity index (χ4v) is 1.98. The standard InChI is InChI=1S/C14H18N2O5/c1-10-8-16(6-7-20-10)14(19)15-11-2-4-12(5-3-11)21-9-13(17)18/h2-5,10H,6-9H2,1H3,(H,15,19)(H,17,18). The van der Waals surface area contributed by atoms with Gasteiger partial charge in [0.2, 0.25) is 0 Å². The first kappa shape index (κ1) is 15.1. The first-order valence-corrected chi connectivity index (χ1v) is 6.67. The van der Waals surface area contributed by atoms with Crippen molar-refractivity contribution in [1.29, 1.82) is 0 Å². The number of hydrogen-bond acceptors (Lipinski definition) is 4. The van der Waals surface area contributed by atoms with Crippen LogP contribution in [0.1, 0.15) is 6.92 Å². The highest BCUT2D eigenvalue weighted by Gasteiger charge is 2.21. The van der Waals surface area contributed by atoms with Gasteiger partial charge in [0.25, 0.3) is 0 Å². The number of nitrogens with zero attached hydrogens (tertiary/aromatic N) is 1. The first-order chi connectivity index (χ1) is 10.0. The normalized spacial score (nSPS) is 18.1. The molecule has 2 rings (SSSR count). The van der Waals surface area contributed by atoms with Gasteiger partial charge in [-0.2, -0.15) is 0 Å². The van der Waals surface area contributed by atoms with E-state index in [0.29, 0.717) is 31.1 Å². The number of urea groups is 1. The summed E-state index contributed by atoms with van der Waals surface area (Å²) in [5, 5.41) is 11.3. The highest BCUT2D eigenvalue weighted by Crippen LogP contribution is 2.16. The molecule has 1 aromatic carbocycles. The number of hydrogen-bond donors (Lipinski definition) is 2. The van der Waals surface area contributed by atoms with Gasteiger partial charge in [-0.25, -0.2) is 9.59 Å². The summed E-state index contributed by atoms with van der Waals surface area (Å²) in [5.74, 6) is -0.593. The predicted octanol–water partition coefficient (Wildman–Crippen LogP) is 1.40. The molecular weight excluding hydrogens is 276 g/mol.